The van der Waals surface area contributed by atoms with Crippen LogP contribution in [0.1, 0.15) is 29.8 Å². The first-order valence-electron chi connectivity index (χ1n) is 10.7. The van der Waals surface area contributed by atoms with Crippen LogP contribution in [-0.2, 0) is 4.79 Å². The number of nitrogens with zero attached hydrogens (tertiary/aromatic N) is 1. The maximum Gasteiger partial charge on any atom is 0.224 e. The third kappa shape index (κ3) is 7.44. The summed E-state index contributed by atoms with van der Waals surface area (Å²) in [5.74, 6) is 0.0515. The van der Waals surface area contributed by atoms with Crippen molar-refractivity contribution in [3.63, 3.8) is 0 Å². The Morgan fingerprint density at radius 1 is 1.06 bits per heavy atom. The Morgan fingerprint density at radius 3 is 2.42 bits per heavy atom. The van der Waals surface area contributed by atoms with Crippen LogP contribution in [0, 0.1) is 10.4 Å². The number of carbonyl (C=O) groups is 2. The second-order valence-corrected chi connectivity index (χ2v) is 7.51. The number of anilines is 2. The highest BCUT2D eigenvalue weighted by Gasteiger charge is 2.17. The van der Waals surface area contributed by atoms with Gasteiger partial charge in [-0.15, -0.1) is 0 Å². The van der Waals surface area contributed by atoms with Gasteiger partial charge in [0.2, 0.25) is 11.7 Å². The molecule has 0 saturated carbocycles. The van der Waals surface area contributed by atoms with Gasteiger partial charge >= 0.3 is 0 Å². The molecule has 2 unspecified atom stereocenters. The van der Waals surface area contributed by atoms with Crippen molar-refractivity contribution in [1.82, 2.24) is 0 Å². The third-order valence-electron chi connectivity index (χ3n) is 5.01. The maximum absolute atomic E-state index is 12.5. The van der Waals surface area contributed by atoms with E-state index in [1.54, 1.807) is 30.3 Å². The van der Waals surface area contributed by atoms with E-state index in [9.17, 15) is 25.2 Å². The number of furan rings is 1. The van der Waals surface area contributed by atoms with Crippen LogP contribution in [0.15, 0.2) is 70.4 Å². The highest BCUT2D eigenvalue weighted by molar-refractivity contribution is 6.09. The molecule has 0 aliphatic rings. The maximum atomic E-state index is 12.5. The number of ketones is 1. The number of methoxy groups -OCH3 is 1. The molecule has 6 N–H and O–H groups in total. The average molecular weight is 499 g/mol. The van der Waals surface area contributed by atoms with Gasteiger partial charge in [-0.2, -0.15) is 15.6 Å². The van der Waals surface area contributed by atoms with Crippen molar-refractivity contribution in [2.24, 2.45) is 5.10 Å². The number of rotatable bonds is 12. The first-order chi connectivity index (χ1) is 17.3. The second-order valence-electron chi connectivity index (χ2n) is 7.51. The molecular weight excluding hydrogens is 474 g/mol. The number of quaternary nitrogens is 2. The lowest BCUT2D eigenvalue weighted by Crippen LogP contribution is -3.00. The van der Waals surface area contributed by atoms with E-state index in [0.29, 0.717) is 11.4 Å². The van der Waals surface area contributed by atoms with Gasteiger partial charge in [0.05, 0.1) is 25.9 Å². The van der Waals surface area contributed by atoms with Crippen LogP contribution in [0.25, 0.3) is 0 Å². The minimum absolute atomic E-state index is 0.0122. The molecule has 0 fully saturated rings. The van der Waals surface area contributed by atoms with Crippen molar-refractivity contribution in [3.05, 3.63) is 77.0 Å². The summed E-state index contributed by atoms with van der Waals surface area (Å²) in [5.41, 5.74) is 2.92. The topological polar surface area (TPSA) is 188 Å². The van der Waals surface area contributed by atoms with E-state index in [1.807, 2.05) is 0 Å². The molecule has 3 rings (SSSR count). The van der Waals surface area contributed by atoms with Crippen LogP contribution in [0.3, 0.4) is 0 Å². The number of amides is 1. The van der Waals surface area contributed by atoms with Crippen molar-refractivity contribution in [1.29, 1.82) is 0 Å². The number of hydrogen-bond acceptors (Lipinski definition) is 10. The number of benzene rings is 2. The molecule has 13 heteroatoms. The summed E-state index contributed by atoms with van der Waals surface area (Å²) in [5, 5.41) is 45.6. The minimum Gasteiger partial charge on any atom is -0.595 e. The lowest BCUT2D eigenvalue weighted by molar-refractivity contribution is -0.996. The first-order valence-corrected chi connectivity index (χ1v) is 10.7. The zero-order chi connectivity index (χ0) is 26.1. The normalized spacial score (nSPS) is 13.1. The molecule has 2 aromatic carbocycles. The van der Waals surface area contributed by atoms with Gasteiger partial charge in [0.25, 0.3) is 0 Å². The Hall–Kier alpha value is -4.11. The summed E-state index contributed by atoms with van der Waals surface area (Å²) >= 11 is 0. The summed E-state index contributed by atoms with van der Waals surface area (Å²) in [6.45, 7) is 0. The molecular formula is C23H25N5O8. The van der Waals surface area contributed by atoms with Gasteiger partial charge in [-0.25, -0.2) is 10.4 Å². The molecule has 0 spiro atoms. The molecule has 2 atom stereocenters. The van der Waals surface area contributed by atoms with Crippen molar-refractivity contribution < 1.29 is 39.6 Å². The fraction of sp³-hybridized carbons (Fsp3) is 0.174. The van der Waals surface area contributed by atoms with Crippen LogP contribution in [0.5, 0.6) is 5.75 Å². The molecule has 0 aliphatic heterocycles. The standard InChI is InChI=1S/C23H25N5O8/c1-35-18-8-4-15(5-9-18)24-23(30)11-6-16(13-21(29)22-3-2-12-36-22)25-26-19-10-7-17(27(31)32)14-20(19)28(33)34/h2-5,7-10,12,14,26-28,31,33H,6,11,13H2,1H3,(H,24,30)/b25-16-. The van der Waals surface area contributed by atoms with Crippen molar-refractivity contribution in [2.75, 3.05) is 17.9 Å². The van der Waals surface area contributed by atoms with Crippen LogP contribution < -0.4 is 25.9 Å². The number of ether oxygens (including phenoxy) is 1. The van der Waals surface area contributed by atoms with E-state index in [1.165, 1.54) is 31.6 Å². The van der Waals surface area contributed by atoms with Crippen molar-refractivity contribution in [2.45, 2.75) is 19.3 Å². The Bertz CT molecular complexity index is 1190. The van der Waals surface area contributed by atoms with Gasteiger partial charge in [-0.05, 0) is 48.9 Å². The number of hydrogen-bond donors (Lipinski definition) is 6. The molecule has 0 radical (unpaired) electrons. The van der Waals surface area contributed by atoms with E-state index in [0.717, 1.165) is 6.07 Å². The number of Topliss-reactive ketones (excluding diaryl/α,β-unsaturated/α-hetero) is 1. The Morgan fingerprint density at radius 2 is 1.81 bits per heavy atom. The Kier molecular flexibility index (Phi) is 9.24. The molecule has 1 aromatic heterocycles. The van der Waals surface area contributed by atoms with Crippen molar-refractivity contribution in [3.8, 4) is 5.75 Å². The molecule has 0 saturated heterocycles. The molecule has 36 heavy (non-hydrogen) atoms. The quantitative estimate of drug-likeness (QED) is 0.122. The first kappa shape index (κ1) is 26.5. The Balaban J connectivity index is 1.74. The van der Waals surface area contributed by atoms with E-state index in [2.05, 4.69) is 15.8 Å². The zero-order valence-corrected chi connectivity index (χ0v) is 19.2. The highest BCUT2D eigenvalue weighted by atomic mass is 16.8. The van der Waals surface area contributed by atoms with E-state index in [4.69, 9.17) is 14.4 Å². The fourth-order valence-corrected chi connectivity index (χ4v) is 3.14. The molecule has 1 heterocycles. The molecule has 0 aliphatic carbocycles. The predicted octanol–water partition coefficient (Wildman–Crippen LogP) is 1.55. The van der Waals surface area contributed by atoms with Crippen LogP contribution in [0.2, 0.25) is 0 Å². The lowest BCUT2D eigenvalue weighted by Gasteiger charge is -2.18. The summed E-state index contributed by atoms with van der Waals surface area (Å²) in [6.07, 6.45) is 1.23. The van der Waals surface area contributed by atoms with Gasteiger partial charge in [0, 0.05) is 23.9 Å². The SMILES string of the molecule is COc1ccc(NC(=O)CC/C(CC(=O)c2ccco2)=N/Nc2ccc([NH+]([O-])O)cc2[NH+]([O-])O)cc1. The summed E-state index contributed by atoms with van der Waals surface area (Å²) in [4.78, 5) is 25.0. The van der Waals surface area contributed by atoms with Crippen molar-refractivity contribution >= 4 is 40.2 Å². The summed E-state index contributed by atoms with van der Waals surface area (Å²) in [7, 11) is 1.53. The summed E-state index contributed by atoms with van der Waals surface area (Å²) in [6, 6.07) is 13.3. The molecule has 13 nitrogen and oxygen atoms in total. The number of carbonyl (C=O) groups excluding carboxylic acids is 2. The van der Waals surface area contributed by atoms with Crippen LogP contribution in [-0.4, -0.2) is 34.9 Å². The van der Waals surface area contributed by atoms with E-state index in [-0.39, 0.29) is 59.5 Å². The predicted molar refractivity (Wildman–Crippen MR) is 128 cm³/mol. The number of hydrazone groups is 1. The van der Waals surface area contributed by atoms with Gasteiger partial charge in [-0.3, -0.25) is 15.0 Å². The van der Waals surface area contributed by atoms with Crippen LogP contribution in [0.4, 0.5) is 22.7 Å². The van der Waals surface area contributed by atoms with Gasteiger partial charge in [0.1, 0.15) is 11.4 Å². The van der Waals surface area contributed by atoms with Gasteiger partial charge in [-0.1, -0.05) is 0 Å². The average Bonchev–Trinajstić information content (AvgIpc) is 3.41. The Labute approximate surface area is 205 Å². The molecule has 1 amide bonds. The largest absolute Gasteiger partial charge is 0.595 e. The lowest BCUT2D eigenvalue weighted by atomic mass is 10.1. The van der Waals surface area contributed by atoms with E-state index >= 15 is 0 Å². The van der Waals surface area contributed by atoms with E-state index < -0.39 is 10.5 Å². The van der Waals surface area contributed by atoms with Crippen LogP contribution >= 0.6 is 0 Å². The second kappa shape index (κ2) is 12.6. The minimum atomic E-state index is -1.36. The molecule has 0 bridgehead atoms. The zero-order valence-electron chi connectivity index (χ0n) is 19.2. The molecule has 3 aromatic rings. The third-order valence-corrected chi connectivity index (χ3v) is 5.01. The molecule has 190 valence electrons. The van der Waals surface area contributed by atoms with Gasteiger partial charge < -0.3 is 24.9 Å². The summed E-state index contributed by atoms with van der Waals surface area (Å²) < 4.78 is 10.2. The highest BCUT2D eigenvalue weighted by Crippen LogP contribution is 2.21. The smallest absolute Gasteiger partial charge is 0.224 e. The number of nitrogens with one attached hydrogen (secondary N) is 4. The fourth-order valence-electron chi connectivity index (χ4n) is 3.14. The monoisotopic (exact) mass is 499 g/mol. The van der Waals surface area contributed by atoms with Gasteiger partial charge in [0.15, 0.2) is 17.1 Å².